The molecule has 2 aromatic rings. The molecule has 4 nitrogen and oxygen atoms in total. The number of hydrogen-bond acceptors (Lipinski definition) is 5. The maximum atomic E-state index is 12.5. The molecule has 3 rings (SSSR count). The van der Waals surface area contributed by atoms with Gasteiger partial charge in [0.05, 0.1) is 0 Å². The van der Waals surface area contributed by atoms with Crippen molar-refractivity contribution >= 4 is 32.7 Å². The fourth-order valence-corrected chi connectivity index (χ4v) is 5.40. The van der Waals surface area contributed by atoms with Crippen molar-refractivity contribution in [3.05, 3.63) is 39.4 Å². The van der Waals surface area contributed by atoms with Gasteiger partial charge in [-0.3, -0.25) is 0 Å². The lowest BCUT2D eigenvalue weighted by Gasteiger charge is -2.14. The summed E-state index contributed by atoms with van der Waals surface area (Å²) in [5.41, 5.74) is 1.05. The maximum absolute atomic E-state index is 12.5. The van der Waals surface area contributed by atoms with Gasteiger partial charge in [0.1, 0.15) is 4.21 Å². The van der Waals surface area contributed by atoms with Gasteiger partial charge in [-0.1, -0.05) is 6.07 Å². The molecular formula is C14H18N2O2S3. The normalized spacial score (nSPS) is 15.7. The summed E-state index contributed by atoms with van der Waals surface area (Å²) >= 11 is 2.88. The second-order valence-electron chi connectivity index (χ2n) is 5.27. The summed E-state index contributed by atoms with van der Waals surface area (Å²) in [4.78, 5) is 1.05. The highest BCUT2D eigenvalue weighted by Gasteiger charge is 2.24. The second-order valence-corrected chi connectivity index (χ2v) is 9.48. The monoisotopic (exact) mass is 342 g/mol. The molecule has 0 aromatic carbocycles. The highest BCUT2D eigenvalue weighted by atomic mass is 32.2. The van der Waals surface area contributed by atoms with Gasteiger partial charge in [0, 0.05) is 31.1 Å². The van der Waals surface area contributed by atoms with Gasteiger partial charge >= 0.3 is 0 Å². The zero-order chi connectivity index (χ0) is 14.9. The van der Waals surface area contributed by atoms with Crippen LogP contribution in [-0.2, 0) is 23.1 Å². The molecule has 0 bridgehead atoms. The Morgan fingerprint density at radius 2 is 2.19 bits per heavy atom. The van der Waals surface area contributed by atoms with Crippen molar-refractivity contribution in [1.82, 2.24) is 9.62 Å². The van der Waals surface area contributed by atoms with Crippen molar-refractivity contribution in [3.8, 4) is 0 Å². The Morgan fingerprint density at radius 3 is 2.86 bits per heavy atom. The third-order valence-corrected chi connectivity index (χ3v) is 7.55. The molecule has 0 saturated heterocycles. The number of sulfonamides is 1. The van der Waals surface area contributed by atoms with Crippen molar-refractivity contribution in [2.24, 2.45) is 0 Å². The van der Waals surface area contributed by atoms with E-state index in [-0.39, 0.29) is 0 Å². The van der Waals surface area contributed by atoms with Crippen molar-refractivity contribution in [1.29, 1.82) is 0 Å². The Kier molecular flexibility index (Phi) is 4.46. The number of rotatable bonds is 7. The van der Waals surface area contributed by atoms with Crippen LogP contribution in [0.15, 0.2) is 33.2 Å². The van der Waals surface area contributed by atoms with Gasteiger partial charge in [-0.15, -0.1) is 22.7 Å². The summed E-state index contributed by atoms with van der Waals surface area (Å²) in [6.45, 7) is 1.18. The van der Waals surface area contributed by atoms with E-state index in [4.69, 9.17) is 0 Å². The predicted molar refractivity (Wildman–Crippen MR) is 87.2 cm³/mol. The van der Waals surface area contributed by atoms with Gasteiger partial charge in [0.25, 0.3) is 10.0 Å². The summed E-state index contributed by atoms with van der Waals surface area (Å²) < 4.78 is 26.9. The lowest BCUT2D eigenvalue weighted by Crippen LogP contribution is -2.25. The first-order chi connectivity index (χ1) is 10.1. The Balaban J connectivity index is 1.68. The second kappa shape index (κ2) is 6.18. The third kappa shape index (κ3) is 3.73. The van der Waals surface area contributed by atoms with Crippen LogP contribution >= 0.6 is 22.7 Å². The quantitative estimate of drug-likeness (QED) is 0.842. The van der Waals surface area contributed by atoms with E-state index in [1.807, 2.05) is 22.9 Å². The zero-order valence-corrected chi connectivity index (χ0v) is 14.2. The first kappa shape index (κ1) is 15.2. The summed E-state index contributed by atoms with van der Waals surface area (Å²) in [6, 6.07) is 6.32. The van der Waals surface area contributed by atoms with Crippen molar-refractivity contribution in [3.63, 3.8) is 0 Å². The van der Waals surface area contributed by atoms with E-state index in [1.165, 1.54) is 28.5 Å². The number of thiophene rings is 2. The molecule has 0 spiro atoms. The molecule has 1 fully saturated rings. The Bertz CT molecular complexity index is 688. The Morgan fingerprint density at radius 1 is 1.38 bits per heavy atom. The van der Waals surface area contributed by atoms with Crippen LogP contribution in [0, 0.1) is 0 Å². The Labute approximate surface area is 133 Å². The van der Waals surface area contributed by atoms with Gasteiger partial charge in [0.2, 0.25) is 0 Å². The van der Waals surface area contributed by atoms with Crippen LogP contribution in [0.3, 0.4) is 0 Å². The average molecular weight is 343 g/mol. The first-order valence-electron chi connectivity index (χ1n) is 6.85. The number of nitrogens with zero attached hydrogens (tertiary/aromatic N) is 1. The van der Waals surface area contributed by atoms with Crippen LogP contribution in [0.25, 0.3) is 0 Å². The average Bonchev–Trinajstić information content (AvgIpc) is 2.93. The van der Waals surface area contributed by atoms with Crippen LogP contribution in [0.2, 0.25) is 0 Å². The fraction of sp³-hybridized carbons (Fsp3) is 0.429. The largest absolute Gasteiger partial charge is 0.310 e. The molecule has 21 heavy (non-hydrogen) atoms. The van der Waals surface area contributed by atoms with E-state index in [9.17, 15) is 8.42 Å². The molecule has 1 N–H and O–H groups in total. The van der Waals surface area contributed by atoms with Crippen LogP contribution in [-0.4, -0.2) is 25.8 Å². The molecule has 1 aliphatic carbocycles. The van der Waals surface area contributed by atoms with Crippen molar-refractivity contribution in [2.45, 2.75) is 36.2 Å². The smallest absolute Gasteiger partial charge is 0.252 e. The molecule has 2 aromatic heterocycles. The van der Waals surface area contributed by atoms with Gasteiger partial charge in [0.15, 0.2) is 0 Å². The molecule has 0 unspecified atom stereocenters. The highest BCUT2D eigenvalue weighted by molar-refractivity contribution is 7.91. The van der Waals surface area contributed by atoms with E-state index in [1.54, 1.807) is 24.5 Å². The lowest BCUT2D eigenvalue weighted by atomic mass is 10.3. The summed E-state index contributed by atoms with van der Waals surface area (Å²) in [6.07, 6.45) is 2.47. The van der Waals surface area contributed by atoms with Gasteiger partial charge in [-0.2, -0.15) is 4.31 Å². The first-order valence-corrected chi connectivity index (χ1v) is 10.0. The molecule has 114 valence electrons. The lowest BCUT2D eigenvalue weighted by molar-refractivity contribution is 0.471. The molecular weight excluding hydrogens is 324 g/mol. The minimum atomic E-state index is -3.39. The minimum Gasteiger partial charge on any atom is -0.310 e. The van der Waals surface area contributed by atoms with Crippen LogP contribution < -0.4 is 5.32 Å². The third-order valence-electron chi connectivity index (χ3n) is 3.43. The van der Waals surface area contributed by atoms with Crippen LogP contribution in [0.1, 0.15) is 23.3 Å². The van der Waals surface area contributed by atoms with Crippen LogP contribution in [0.5, 0.6) is 0 Å². The molecule has 1 saturated carbocycles. The zero-order valence-electron chi connectivity index (χ0n) is 11.8. The SMILES string of the molecule is CN(Cc1cccs1)S(=O)(=O)c1cc(CNC2CC2)cs1. The van der Waals surface area contributed by atoms with Gasteiger partial charge in [-0.05, 0) is 41.3 Å². The molecule has 1 aliphatic rings. The fourth-order valence-electron chi connectivity index (χ4n) is 1.99. The van der Waals surface area contributed by atoms with Crippen molar-refractivity contribution in [2.75, 3.05) is 7.05 Å². The highest BCUT2D eigenvalue weighted by Crippen LogP contribution is 2.26. The van der Waals surface area contributed by atoms with E-state index < -0.39 is 10.0 Å². The molecule has 0 radical (unpaired) electrons. The topological polar surface area (TPSA) is 49.4 Å². The summed E-state index contributed by atoms with van der Waals surface area (Å²) in [5.74, 6) is 0. The van der Waals surface area contributed by atoms with Crippen LogP contribution in [0.4, 0.5) is 0 Å². The summed E-state index contributed by atoms with van der Waals surface area (Å²) in [7, 11) is -1.75. The number of hydrogen-bond donors (Lipinski definition) is 1. The van der Waals surface area contributed by atoms with Crippen molar-refractivity contribution < 1.29 is 8.42 Å². The minimum absolute atomic E-state index is 0.424. The molecule has 0 amide bonds. The van der Waals surface area contributed by atoms with E-state index >= 15 is 0 Å². The van der Waals surface area contributed by atoms with Gasteiger partial charge in [-0.25, -0.2) is 8.42 Å². The molecule has 2 heterocycles. The molecule has 0 aliphatic heterocycles. The number of nitrogens with one attached hydrogen (secondary N) is 1. The molecule has 0 atom stereocenters. The predicted octanol–water partition coefficient (Wildman–Crippen LogP) is 2.88. The van der Waals surface area contributed by atoms with E-state index in [0.717, 1.165) is 17.0 Å². The van der Waals surface area contributed by atoms with E-state index in [0.29, 0.717) is 16.8 Å². The molecule has 7 heteroatoms. The van der Waals surface area contributed by atoms with Gasteiger partial charge < -0.3 is 5.32 Å². The standard InChI is InChI=1S/C14H18N2O2S3/c1-16(9-13-3-2-6-19-13)21(17,18)14-7-11(10-20-14)8-15-12-4-5-12/h2-3,6-7,10,12,15H,4-5,8-9H2,1H3. The van der Waals surface area contributed by atoms with E-state index in [2.05, 4.69) is 5.32 Å². The maximum Gasteiger partial charge on any atom is 0.252 e. The summed E-state index contributed by atoms with van der Waals surface area (Å²) in [5, 5.41) is 7.30. The Hall–Kier alpha value is -0.730.